The molecule has 0 radical (unpaired) electrons. The third kappa shape index (κ3) is 5.83. The van der Waals surface area contributed by atoms with Crippen LogP contribution in [-0.4, -0.2) is 67.7 Å². The number of hydrogen-bond acceptors (Lipinski definition) is 6. The topological polar surface area (TPSA) is 59.1 Å². The van der Waals surface area contributed by atoms with Crippen LogP contribution in [0, 0.1) is 0 Å². The Morgan fingerprint density at radius 1 is 1.08 bits per heavy atom. The highest BCUT2D eigenvalue weighted by molar-refractivity contribution is 5.70. The van der Waals surface area contributed by atoms with Crippen LogP contribution in [0.3, 0.4) is 0 Å². The van der Waals surface area contributed by atoms with Gasteiger partial charge in [0.25, 0.3) is 0 Å². The zero-order valence-corrected chi connectivity index (χ0v) is 15.3. The third-order valence-corrected chi connectivity index (χ3v) is 4.71. The monoisotopic (exact) mass is 348 g/mol. The highest BCUT2D eigenvalue weighted by Crippen LogP contribution is 2.21. The zero-order chi connectivity index (χ0) is 18.2. The van der Waals surface area contributed by atoms with Gasteiger partial charge >= 0.3 is 11.9 Å². The van der Waals surface area contributed by atoms with Gasteiger partial charge in [-0.2, -0.15) is 0 Å². The van der Waals surface area contributed by atoms with Crippen LogP contribution in [0.25, 0.3) is 0 Å². The van der Waals surface area contributed by atoms with Gasteiger partial charge in [0, 0.05) is 38.3 Å². The first-order valence-electron chi connectivity index (χ1n) is 8.69. The molecule has 0 bridgehead atoms. The van der Waals surface area contributed by atoms with Gasteiger partial charge in [0.1, 0.15) is 0 Å². The smallest absolute Gasteiger partial charge is 0.307 e. The molecule has 1 heterocycles. The fourth-order valence-electron chi connectivity index (χ4n) is 3.47. The molecule has 25 heavy (non-hydrogen) atoms. The summed E-state index contributed by atoms with van der Waals surface area (Å²) >= 11 is 0. The number of hydrogen-bond donors (Lipinski definition) is 0. The summed E-state index contributed by atoms with van der Waals surface area (Å²) in [6.45, 7) is 5.25. The molecule has 1 aliphatic heterocycles. The summed E-state index contributed by atoms with van der Waals surface area (Å²) in [4.78, 5) is 27.9. The van der Waals surface area contributed by atoms with E-state index in [0.29, 0.717) is 19.4 Å². The summed E-state index contributed by atoms with van der Waals surface area (Å²) in [6.07, 6.45) is 0.657. The Labute approximate surface area is 149 Å². The number of carbonyl (C=O) groups is 2. The van der Waals surface area contributed by atoms with Crippen LogP contribution in [0.1, 0.15) is 25.3 Å². The average Bonchev–Trinajstić information content (AvgIpc) is 2.61. The van der Waals surface area contributed by atoms with Crippen molar-refractivity contribution in [3.05, 3.63) is 35.9 Å². The van der Waals surface area contributed by atoms with E-state index in [4.69, 9.17) is 9.47 Å². The molecule has 1 unspecified atom stereocenters. The maximum atomic E-state index is 11.8. The van der Waals surface area contributed by atoms with Gasteiger partial charge in [-0.05, 0) is 12.5 Å². The number of piperazine rings is 1. The second-order valence-electron chi connectivity index (χ2n) is 6.53. The molecular formula is C19H28N2O4. The summed E-state index contributed by atoms with van der Waals surface area (Å²) in [5.41, 5.74) is 1.26. The predicted molar refractivity (Wildman–Crippen MR) is 94.9 cm³/mol. The number of methoxy groups -OCH3 is 2. The van der Waals surface area contributed by atoms with Gasteiger partial charge in [-0.25, -0.2) is 0 Å². The SMILES string of the molecule is COC(=O)CCN1C(CC(=O)OC)CN(Cc2ccccc2)C[C@H]1C. The van der Waals surface area contributed by atoms with E-state index < -0.39 is 0 Å². The van der Waals surface area contributed by atoms with Gasteiger partial charge in [-0.15, -0.1) is 0 Å². The third-order valence-electron chi connectivity index (χ3n) is 4.71. The number of carbonyl (C=O) groups excluding carboxylic acids is 2. The molecule has 6 nitrogen and oxygen atoms in total. The lowest BCUT2D eigenvalue weighted by molar-refractivity contribution is -0.143. The summed E-state index contributed by atoms with van der Waals surface area (Å²) in [5.74, 6) is -0.447. The normalized spacial score (nSPS) is 21.7. The molecule has 1 aliphatic rings. The largest absolute Gasteiger partial charge is 0.469 e. The van der Waals surface area contributed by atoms with Crippen molar-refractivity contribution in [2.45, 2.75) is 38.4 Å². The number of benzene rings is 1. The first kappa shape index (κ1) is 19.4. The van der Waals surface area contributed by atoms with Crippen LogP contribution in [0.5, 0.6) is 0 Å². The van der Waals surface area contributed by atoms with Crippen molar-refractivity contribution >= 4 is 11.9 Å². The molecule has 0 aromatic heterocycles. The molecule has 2 atom stereocenters. The van der Waals surface area contributed by atoms with Crippen molar-refractivity contribution in [2.75, 3.05) is 33.9 Å². The summed E-state index contributed by atoms with van der Waals surface area (Å²) in [6, 6.07) is 10.6. The lowest BCUT2D eigenvalue weighted by Crippen LogP contribution is -2.58. The van der Waals surface area contributed by atoms with E-state index in [9.17, 15) is 9.59 Å². The molecule has 0 spiro atoms. The van der Waals surface area contributed by atoms with Gasteiger partial charge < -0.3 is 9.47 Å². The molecule has 0 saturated carbocycles. The standard InChI is InChI=1S/C19H28N2O4/c1-15-12-20(13-16-7-5-4-6-8-16)14-17(11-19(23)25-3)21(15)10-9-18(22)24-2/h4-8,15,17H,9-14H2,1-3H3/t15-,17?/m1/s1. The van der Waals surface area contributed by atoms with Gasteiger partial charge in [0.2, 0.25) is 0 Å². The van der Waals surface area contributed by atoms with E-state index in [1.54, 1.807) is 0 Å². The highest BCUT2D eigenvalue weighted by Gasteiger charge is 2.33. The van der Waals surface area contributed by atoms with E-state index >= 15 is 0 Å². The molecule has 1 aromatic carbocycles. The zero-order valence-electron chi connectivity index (χ0n) is 15.3. The number of ether oxygens (including phenoxy) is 2. The Morgan fingerprint density at radius 3 is 2.40 bits per heavy atom. The minimum atomic E-state index is -0.226. The Hall–Kier alpha value is -1.92. The van der Waals surface area contributed by atoms with Crippen molar-refractivity contribution in [3.8, 4) is 0 Å². The molecule has 2 rings (SSSR count). The lowest BCUT2D eigenvalue weighted by Gasteiger charge is -2.45. The molecule has 1 saturated heterocycles. The first-order chi connectivity index (χ1) is 12.0. The minimum Gasteiger partial charge on any atom is -0.469 e. The van der Waals surface area contributed by atoms with Crippen LogP contribution in [0.2, 0.25) is 0 Å². The van der Waals surface area contributed by atoms with Crippen LogP contribution in [-0.2, 0) is 25.6 Å². The van der Waals surface area contributed by atoms with E-state index in [0.717, 1.165) is 19.6 Å². The van der Waals surface area contributed by atoms with Crippen LogP contribution in [0.4, 0.5) is 0 Å². The number of esters is 2. The van der Waals surface area contributed by atoms with Crippen molar-refractivity contribution < 1.29 is 19.1 Å². The Morgan fingerprint density at radius 2 is 1.76 bits per heavy atom. The molecule has 1 fully saturated rings. The fourth-order valence-corrected chi connectivity index (χ4v) is 3.47. The minimum absolute atomic E-state index is 0.0320. The molecular weight excluding hydrogens is 320 g/mol. The van der Waals surface area contributed by atoms with Crippen molar-refractivity contribution in [2.24, 2.45) is 0 Å². The molecule has 1 aromatic rings. The summed E-state index contributed by atoms with van der Waals surface area (Å²) < 4.78 is 9.61. The quantitative estimate of drug-likeness (QED) is 0.699. The fraction of sp³-hybridized carbons (Fsp3) is 0.579. The highest BCUT2D eigenvalue weighted by atomic mass is 16.5. The average molecular weight is 348 g/mol. The summed E-state index contributed by atoms with van der Waals surface area (Å²) in [5, 5.41) is 0. The lowest BCUT2D eigenvalue weighted by atomic mass is 10.0. The van der Waals surface area contributed by atoms with Gasteiger partial charge in [-0.3, -0.25) is 19.4 Å². The van der Waals surface area contributed by atoms with Crippen LogP contribution < -0.4 is 0 Å². The Kier molecular flexibility index (Phi) is 7.40. The summed E-state index contributed by atoms with van der Waals surface area (Å²) in [7, 11) is 2.81. The van der Waals surface area contributed by atoms with E-state index in [2.05, 4.69) is 28.9 Å². The molecule has 0 aliphatic carbocycles. The van der Waals surface area contributed by atoms with E-state index in [-0.39, 0.29) is 24.0 Å². The number of rotatable bonds is 7. The van der Waals surface area contributed by atoms with Crippen molar-refractivity contribution in [1.82, 2.24) is 9.80 Å². The van der Waals surface area contributed by atoms with Crippen molar-refractivity contribution in [3.63, 3.8) is 0 Å². The van der Waals surface area contributed by atoms with E-state index in [1.165, 1.54) is 19.8 Å². The van der Waals surface area contributed by atoms with Gasteiger partial charge in [0.05, 0.1) is 27.1 Å². The second kappa shape index (κ2) is 9.53. The molecule has 0 N–H and O–H groups in total. The molecule has 6 heteroatoms. The molecule has 0 amide bonds. The van der Waals surface area contributed by atoms with Gasteiger partial charge in [0.15, 0.2) is 0 Å². The Balaban J connectivity index is 2.04. The molecule has 138 valence electrons. The maximum Gasteiger partial charge on any atom is 0.307 e. The van der Waals surface area contributed by atoms with Crippen LogP contribution in [0.15, 0.2) is 30.3 Å². The van der Waals surface area contributed by atoms with Crippen LogP contribution >= 0.6 is 0 Å². The van der Waals surface area contributed by atoms with Crippen molar-refractivity contribution in [1.29, 1.82) is 0 Å². The Bertz CT molecular complexity index is 564. The maximum absolute atomic E-state index is 11.8. The number of nitrogens with zero attached hydrogens (tertiary/aromatic N) is 2. The first-order valence-corrected chi connectivity index (χ1v) is 8.69. The van der Waals surface area contributed by atoms with E-state index in [1.807, 2.05) is 18.2 Å². The predicted octanol–water partition coefficient (Wildman–Crippen LogP) is 1.69. The second-order valence-corrected chi connectivity index (χ2v) is 6.53. The van der Waals surface area contributed by atoms with Gasteiger partial charge in [-0.1, -0.05) is 30.3 Å².